The number of carbonyl (C=O) groups is 1. The van der Waals surface area contributed by atoms with E-state index in [1.54, 1.807) is 6.07 Å². The molecule has 1 aromatic rings. The predicted molar refractivity (Wildman–Crippen MR) is 59.2 cm³/mol. The van der Waals surface area contributed by atoms with E-state index < -0.39 is 5.97 Å². The van der Waals surface area contributed by atoms with Gasteiger partial charge in [0.2, 0.25) is 5.76 Å². The van der Waals surface area contributed by atoms with Gasteiger partial charge in [0, 0.05) is 0 Å². The molecule has 4 heteroatoms. The topological polar surface area (TPSA) is 51.5 Å². The Morgan fingerprint density at radius 3 is 2.94 bits per heavy atom. The van der Waals surface area contributed by atoms with Crippen LogP contribution in [0.15, 0.2) is 16.5 Å². The number of hydrogen-bond donors (Lipinski definition) is 1. The van der Waals surface area contributed by atoms with Crippen LogP contribution < -0.4 is 5.32 Å². The van der Waals surface area contributed by atoms with E-state index in [0.29, 0.717) is 0 Å². The first-order chi connectivity index (χ1) is 7.74. The summed E-state index contributed by atoms with van der Waals surface area (Å²) in [7, 11) is 3.26. The van der Waals surface area contributed by atoms with Crippen LogP contribution in [0.1, 0.15) is 41.6 Å². The van der Waals surface area contributed by atoms with E-state index in [-0.39, 0.29) is 11.8 Å². The Morgan fingerprint density at radius 1 is 1.62 bits per heavy atom. The summed E-state index contributed by atoms with van der Waals surface area (Å²) in [5, 5.41) is 3.21. The summed E-state index contributed by atoms with van der Waals surface area (Å²) < 4.78 is 10.1. The molecule has 1 saturated carbocycles. The fourth-order valence-corrected chi connectivity index (χ4v) is 1.81. The lowest BCUT2D eigenvalue weighted by Gasteiger charge is -2.12. The van der Waals surface area contributed by atoms with Gasteiger partial charge in [-0.05, 0) is 31.5 Å². The molecule has 4 nitrogen and oxygen atoms in total. The molecule has 1 fully saturated rings. The highest BCUT2D eigenvalue weighted by Crippen LogP contribution is 2.37. The van der Waals surface area contributed by atoms with Gasteiger partial charge < -0.3 is 14.5 Å². The van der Waals surface area contributed by atoms with Crippen molar-refractivity contribution in [3.63, 3.8) is 0 Å². The van der Waals surface area contributed by atoms with Crippen LogP contribution in [0, 0.1) is 5.92 Å². The molecule has 0 amide bonds. The Labute approximate surface area is 95.0 Å². The van der Waals surface area contributed by atoms with Crippen LogP contribution in [0.25, 0.3) is 0 Å². The van der Waals surface area contributed by atoms with Crippen molar-refractivity contribution in [1.82, 2.24) is 5.32 Å². The van der Waals surface area contributed by atoms with Crippen LogP contribution in [0.5, 0.6) is 0 Å². The third kappa shape index (κ3) is 2.44. The van der Waals surface area contributed by atoms with E-state index in [4.69, 9.17) is 4.42 Å². The van der Waals surface area contributed by atoms with E-state index in [2.05, 4.69) is 10.1 Å². The number of nitrogens with one attached hydrogen (secondary N) is 1. The molecule has 1 aliphatic rings. The molecule has 2 rings (SSSR count). The third-order valence-electron chi connectivity index (χ3n) is 2.97. The van der Waals surface area contributed by atoms with Gasteiger partial charge >= 0.3 is 5.97 Å². The Bertz CT molecular complexity index is 368. The van der Waals surface area contributed by atoms with E-state index in [1.165, 1.54) is 20.0 Å². The van der Waals surface area contributed by atoms with Crippen molar-refractivity contribution in [2.45, 2.75) is 25.3 Å². The lowest BCUT2D eigenvalue weighted by atomic mass is 10.1. The van der Waals surface area contributed by atoms with Crippen molar-refractivity contribution in [1.29, 1.82) is 0 Å². The third-order valence-corrected chi connectivity index (χ3v) is 2.97. The highest BCUT2D eigenvalue weighted by atomic mass is 16.5. The molecule has 0 aliphatic heterocycles. The van der Waals surface area contributed by atoms with Crippen molar-refractivity contribution < 1.29 is 13.9 Å². The summed E-state index contributed by atoms with van der Waals surface area (Å²) in [6.07, 6.45) is 3.69. The van der Waals surface area contributed by atoms with E-state index in [1.807, 2.05) is 13.1 Å². The van der Waals surface area contributed by atoms with Gasteiger partial charge in [0.1, 0.15) is 5.76 Å². The van der Waals surface area contributed by atoms with Crippen LogP contribution in [0.4, 0.5) is 0 Å². The molecule has 88 valence electrons. The maximum absolute atomic E-state index is 11.2. The fourth-order valence-electron chi connectivity index (χ4n) is 1.81. The largest absolute Gasteiger partial charge is 0.463 e. The van der Waals surface area contributed by atoms with Crippen molar-refractivity contribution in [2.24, 2.45) is 5.92 Å². The summed E-state index contributed by atoms with van der Waals surface area (Å²) in [6, 6.07) is 3.71. The molecule has 16 heavy (non-hydrogen) atoms. The van der Waals surface area contributed by atoms with Crippen LogP contribution in [-0.4, -0.2) is 20.1 Å². The smallest absolute Gasteiger partial charge is 0.373 e. The molecule has 1 aromatic heterocycles. The summed E-state index contributed by atoms with van der Waals surface area (Å²) in [5.74, 6) is 1.47. The molecule has 1 heterocycles. The lowest BCUT2D eigenvalue weighted by molar-refractivity contribution is 0.0562. The Kier molecular flexibility index (Phi) is 3.29. The molecular weight excluding hydrogens is 206 g/mol. The van der Waals surface area contributed by atoms with Crippen LogP contribution >= 0.6 is 0 Å². The summed E-state index contributed by atoms with van der Waals surface area (Å²) in [6.45, 7) is 0. The van der Waals surface area contributed by atoms with Gasteiger partial charge in [0.25, 0.3) is 0 Å². The first kappa shape index (κ1) is 11.2. The maximum atomic E-state index is 11.2. The van der Waals surface area contributed by atoms with Gasteiger partial charge in [-0.25, -0.2) is 4.79 Å². The summed E-state index contributed by atoms with van der Waals surface area (Å²) in [4.78, 5) is 11.2. The highest BCUT2D eigenvalue weighted by Gasteiger charge is 2.27. The Balaban J connectivity index is 2.05. The molecule has 0 bridgehead atoms. The van der Waals surface area contributed by atoms with Gasteiger partial charge in [0.15, 0.2) is 0 Å². The van der Waals surface area contributed by atoms with Crippen molar-refractivity contribution in [3.8, 4) is 0 Å². The van der Waals surface area contributed by atoms with Gasteiger partial charge in [0.05, 0.1) is 13.2 Å². The zero-order valence-corrected chi connectivity index (χ0v) is 9.66. The first-order valence-electron chi connectivity index (χ1n) is 5.60. The van der Waals surface area contributed by atoms with Crippen LogP contribution in [-0.2, 0) is 4.74 Å². The molecule has 0 spiro atoms. The van der Waals surface area contributed by atoms with Gasteiger partial charge in [-0.3, -0.25) is 0 Å². The minimum atomic E-state index is -0.424. The number of esters is 1. The monoisotopic (exact) mass is 223 g/mol. The number of carbonyl (C=O) groups excluding carboxylic acids is 1. The highest BCUT2D eigenvalue weighted by molar-refractivity contribution is 5.86. The average Bonchev–Trinajstić information content (AvgIpc) is 3.00. The zero-order valence-electron chi connectivity index (χ0n) is 9.66. The summed E-state index contributed by atoms with van der Waals surface area (Å²) >= 11 is 0. The van der Waals surface area contributed by atoms with Crippen molar-refractivity contribution >= 4 is 5.97 Å². The van der Waals surface area contributed by atoms with Gasteiger partial charge in [-0.1, -0.05) is 12.8 Å². The minimum absolute atomic E-state index is 0.200. The number of hydrogen-bond acceptors (Lipinski definition) is 4. The van der Waals surface area contributed by atoms with Crippen molar-refractivity contribution in [2.75, 3.05) is 14.2 Å². The van der Waals surface area contributed by atoms with Crippen molar-refractivity contribution in [3.05, 3.63) is 23.7 Å². The van der Waals surface area contributed by atoms with E-state index >= 15 is 0 Å². The van der Waals surface area contributed by atoms with Crippen LogP contribution in [0.3, 0.4) is 0 Å². The molecule has 1 unspecified atom stereocenters. The number of rotatable bonds is 5. The van der Waals surface area contributed by atoms with Crippen LogP contribution in [0.2, 0.25) is 0 Å². The second-order valence-corrected chi connectivity index (χ2v) is 4.21. The zero-order chi connectivity index (χ0) is 11.5. The standard InChI is InChI=1S/C12H17NO3/c1-13-9(7-8-3-4-8)10-5-6-11(16-10)12(14)15-2/h5-6,8-9,13H,3-4,7H2,1-2H3. The minimum Gasteiger partial charge on any atom is -0.463 e. The van der Waals surface area contributed by atoms with Gasteiger partial charge in [-0.2, -0.15) is 0 Å². The van der Waals surface area contributed by atoms with E-state index in [0.717, 1.165) is 18.1 Å². The molecule has 1 N–H and O–H groups in total. The summed E-state index contributed by atoms with van der Waals surface area (Å²) in [5.41, 5.74) is 0. The molecule has 0 radical (unpaired) electrons. The molecule has 0 aromatic carbocycles. The normalized spacial score (nSPS) is 17.1. The second kappa shape index (κ2) is 4.70. The quantitative estimate of drug-likeness (QED) is 0.777. The first-order valence-corrected chi connectivity index (χ1v) is 5.60. The average molecular weight is 223 g/mol. The number of furan rings is 1. The molecule has 1 aliphatic carbocycles. The SMILES string of the molecule is CNC(CC1CC1)c1ccc(C(=O)OC)o1. The van der Waals surface area contributed by atoms with E-state index in [9.17, 15) is 4.79 Å². The lowest BCUT2D eigenvalue weighted by Crippen LogP contribution is -2.16. The second-order valence-electron chi connectivity index (χ2n) is 4.21. The van der Waals surface area contributed by atoms with Gasteiger partial charge in [-0.15, -0.1) is 0 Å². The Hall–Kier alpha value is -1.29. The number of ether oxygens (including phenoxy) is 1. The fraction of sp³-hybridized carbons (Fsp3) is 0.583. The molecule has 1 atom stereocenters. The number of methoxy groups -OCH3 is 1. The predicted octanol–water partition coefficient (Wildman–Crippen LogP) is 2.13. The molecular formula is C12H17NO3. The molecule has 0 saturated heterocycles. The Morgan fingerprint density at radius 2 is 2.38 bits per heavy atom. The maximum Gasteiger partial charge on any atom is 0.373 e.